The van der Waals surface area contributed by atoms with Crippen LogP contribution in [-0.2, 0) is 16.7 Å². The smallest absolute Gasteiger partial charge is 0.339 e. The van der Waals surface area contributed by atoms with Gasteiger partial charge in [0.1, 0.15) is 10.6 Å². The van der Waals surface area contributed by atoms with Gasteiger partial charge >= 0.3 is 10.1 Å². The van der Waals surface area contributed by atoms with E-state index in [1.165, 1.54) is 29.5 Å². The number of rotatable bonds is 10. The molecule has 1 aliphatic carbocycles. The summed E-state index contributed by atoms with van der Waals surface area (Å²) in [6, 6.07) is 13.3. The van der Waals surface area contributed by atoms with Crippen LogP contribution in [0.3, 0.4) is 0 Å². The van der Waals surface area contributed by atoms with E-state index in [1.54, 1.807) is 17.0 Å². The number of nitrogens with zero attached hydrogens (tertiary/aromatic N) is 2. The second-order valence-electron chi connectivity index (χ2n) is 8.22. The molecule has 186 valence electrons. The Morgan fingerprint density at radius 2 is 1.80 bits per heavy atom. The highest BCUT2D eigenvalue weighted by Crippen LogP contribution is 2.35. The molecule has 0 bridgehead atoms. The Bertz CT molecular complexity index is 1310. The maximum absolute atomic E-state index is 13.2. The van der Waals surface area contributed by atoms with E-state index in [9.17, 15) is 13.2 Å². The normalized spacial score (nSPS) is 13.5. The van der Waals surface area contributed by atoms with E-state index in [1.807, 2.05) is 37.4 Å². The van der Waals surface area contributed by atoms with E-state index < -0.39 is 10.1 Å². The third kappa shape index (κ3) is 5.94. The molecule has 1 aliphatic rings. The molecule has 1 heterocycles. The Morgan fingerprint density at radius 1 is 1.06 bits per heavy atom. The van der Waals surface area contributed by atoms with Crippen LogP contribution in [0.2, 0.25) is 10.0 Å². The van der Waals surface area contributed by atoms with Crippen LogP contribution in [-0.4, -0.2) is 38.4 Å². The molecule has 2 aromatic carbocycles. The van der Waals surface area contributed by atoms with Crippen molar-refractivity contribution in [3.63, 3.8) is 0 Å². The summed E-state index contributed by atoms with van der Waals surface area (Å²) >= 11 is 13.4. The molecule has 0 radical (unpaired) electrons. The molecule has 0 N–H and O–H groups in total. The molecule has 1 saturated carbocycles. The zero-order chi connectivity index (χ0) is 25.2. The molecule has 0 saturated heterocycles. The van der Waals surface area contributed by atoms with Crippen molar-refractivity contribution in [3.8, 4) is 5.75 Å². The minimum Gasteiger partial charge on any atom is -0.379 e. The average molecular weight is 554 g/mol. The third-order valence-electron chi connectivity index (χ3n) is 5.88. The van der Waals surface area contributed by atoms with Gasteiger partial charge in [-0.1, -0.05) is 35.3 Å². The molecule has 0 atom stereocenters. The van der Waals surface area contributed by atoms with Gasteiger partial charge in [0.05, 0.1) is 21.5 Å². The fourth-order valence-electron chi connectivity index (χ4n) is 3.81. The zero-order valence-corrected chi connectivity index (χ0v) is 22.6. The molecule has 10 heteroatoms. The highest BCUT2D eigenvalue weighted by Gasteiger charge is 2.34. The first-order valence-electron chi connectivity index (χ1n) is 11.3. The van der Waals surface area contributed by atoms with Gasteiger partial charge in [-0.25, -0.2) is 0 Å². The SMILES string of the molecule is CCN(CC)c1ccc(CN(C(=O)c2cccs2)C2CC2)c(OS(=O)(=O)c2ccc(Cl)c(Cl)c2)c1. The lowest BCUT2D eigenvalue weighted by Gasteiger charge is -2.25. The van der Waals surface area contributed by atoms with Crippen molar-refractivity contribution in [1.82, 2.24) is 4.90 Å². The van der Waals surface area contributed by atoms with Crippen molar-refractivity contribution in [1.29, 1.82) is 0 Å². The molecule has 4 rings (SSSR count). The van der Waals surface area contributed by atoms with E-state index in [-0.39, 0.29) is 39.2 Å². The van der Waals surface area contributed by atoms with Gasteiger partial charge in [0, 0.05) is 36.4 Å². The quantitative estimate of drug-likeness (QED) is 0.269. The molecular weight excluding hydrogens is 527 g/mol. The van der Waals surface area contributed by atoms with Crippen LogP contribution in [0.4, 0.5) is 5.69 Å². The summed E-state index contributed by atoms with van der Waals surface area (Å²) in [4.78, 5) is 17.6. The standard InChI is InChI=1S/C25H26Cl2N2O4S2/c1-3-28(4-2)19-8-7-17(16-29(18-9-10-18)25(30)24-6-5-13-34-24)23(14-19)33-35(31,32)20-11-12-21(26)22(27)15-20/h5-8,11-15,18H,3-4,9-10,16H2,1-2H3. The largest absolute Gasteiger partial charge is 0.379 e. The number of halogens is 2. The summed E-state index contributed by atoms with van der Waals surface area (Å²) in [5, 5.41) is 2.24. The van der Waals surface area contributed by atoms with E-state index in [0.29, 0.717) is 10.4 Å². The number of benzene rings is 2. The van der Waals surface area contributed by atoms with E-state index in [0.717, 1.165) is 31.6 Å². The molecule has 1 amide bonds. The lowest BCUT2D eigenvalue weighted by molar-refractivity contribution is 0.0734. The number of hydrogen-bond donors (Lipinski definition) is 0. The first-order chi connectivity index (χ1) is 16.7. The minimum absolute atomic E-state index is 0.0615. The minimum atomic E-state index is -4.20. The van der Waals surface area contributed by atoms with Crippen molar-refractivity contribution in [3.05, 3.63) is 74.4 Å². The fraction of sp³-hybridized carbons (Fsp3) is 0.320. The van der Waals surface area contributed by atoms with Gasteiger partial charge in [-0.3, -0.25) is 4.79 Å². The predicted octanol–water partition coefficient (Wildman–Crippen LogP) is 6.47. The van der Waals surface area contributed by atoms with Gasteiger partial charge in [-0.2, -0.15) is 8.42 Å². The van der Waals surface area contributed by atoms with Gasteiger partial charge in [-0.05, 0) is 62.4 Å². The molecule has 0 spiro atoms. The molecule has 0 aliphatic heterocycles. The lowest BCUT2D eigenvalue weighted by atomic mass is 10.1. The van der Waals surface area contributed by atoms with Gasteiger partial charge in [0.15, 0.2) is 0 Å². The second kappa shape index (κ2) is 10.8. The van der Waals surface area contributed by atoms with Crippen molar-refractivity contribution in [2.45, 2.75) is 44.2 Å². The van der Waals surface area contributed by atoms with Crippen LogP contribution >= 0.6 is 34.5 Å². The summed E-state index contributed by atoms with van der Waals surface area (Å²) in [5.74, 6) is 0.124. The highest BCUT2D eigenvalue weighted by atomic mass is 35.5. The van der Waals surface area contributed by atoms with Crippen molar-refractivity contribution in [2.24, 2.45) is 0 Å². The maximum Gasteiger partial charge on any atom is 0.339 e. The molecule has 35 heavy (non-hydrogen) atoms. The summed E-state index contributed by atoms with van der Waals surface area (Å²) in [5.41, 5.74) is 1.45. The molecule has 0 unspecified atom stereocenters. The lowest BCUT2D eigenvalue weighted by Crippen LogP contribution is -2.32. The number of amides is 1. The Morgan fingerprint density at radius 3 is 2.40 bits per heavy atom. The molecule has 1 aromatic heterocycles. The molecular formula is C25H26Cl2N2O4S2. The Hall–Kier alpha value is -2.26. The Balaban J connectivity index is 1.71. The van der Waals surface area contributed by atoms with Crippen LogP contribution in [0.1, 0.15) is 41.9 Å². The number of thiophene rings is 1. The molecule has 3 aromatic rings. The fourth-order valence-corrected chi connectivity index (χ4v) is 5.84. The monoisotopic (exact) mass is 552 g/mol. The second-order valence-corrected chi connectivity index (χ2v) is 11.5. The summed E-state index contributed by atoms with van der Waals surface area (Å²) in [6.45, 7) is 5.80. The van der Waals surface area contributed by atoms with Crippen molar-refractivity contribution >= 4 is 56.3 Å². The van der Waals surface area contributed by atoms with Crippen molar-refractivity contribution in [2.75, 3.05) is 18.0 Å². The van der Waals surface area contributed by atoms with Crippen molar-refractivity contribution < 1.29 is 17.4 Å². The summed E-state index contributed by atoms with van der Waals surface area (Å²) in [7, 11) is -4.20. The Labute approximate surface area is 220 Å². The topological polar surface area (TPSA) is 66.9 Å². The summed E-state index contributed by atoms with van der Waals surface area (Å²) < 4.78 is 32.0. The van der Waals surface area contributed by atoms with Crippen LogP contribution in [0.25, 0.3) is 0 Å². The van der Waals surface area contributed by atoms with E-state index >= 15 is 0 Å². The van der Waals surface area contributed by atoms with Gasteiger partial charge < -0.3 is 14.0 Å². The van der Waals surface area contributed by atoms with E-state index in [4.69, 9.17) is 27.4 Å². The molecule has 6 nitrogen and oxygen atoms in total. The average Bonchev–Trinajstić information content (AvgIpc) is 3.52. The number of carbonyl (C=O) groups excluding carboxylic acids is 1. The molecule has 1 fully saturated rings. The number of hydrogen-bond acceptors (Lipinski definition) is 6. The zero-order valence-electron chi connectivity index (χ0n) is 19.4. The van der Waals surface area contributed by atoms with Crippen LogP contribution in [0.15, 0.2) is 58.8 Å². The van der Waals surface area contributed by atoms with Crippen LogP contribution in [0.5, 0.6) is 5.75 Å². The van der Waals surface area contributed by atoms with Crippen LogP contribution < -0.4 is 9.08 Å². The predicted molar refractivity (Wildman–Crippen MR) is 141 cm³/mol. The first kappa shape index (κ1) is 25.8. The van der Waals surface area contributed by atoms with Gasteiger partial charge in [-0.15, -0.1) is 11.3 Å². The highest BCUT2D eigenvalue weighted by molar-refractivity contribution is 7.87. The third-order valence-corrected chi connectivity index (χ3v) is 8.71. The first-order valence-corrected chi connectivity index (χ1v) is 14.4. The number of anilines is 1. The number of carbonyl (C=O) groups is 1. The summed E-state index contributed by atoms with van der Waals surface area (Å²) in [6.07, 6.45) is 1.85. The van der Waals surface area contributed by atoms with E-state index in [2.05, 4.69) is 4.90 Å². The Kier molecular flexibility index (Phi) is 7.96. The maximum atomic E-state index is 13.2. The van der Waals surface area contributed by atoms with Gasteiger partial charge in [0.2, 0.25) is 0 Å². The van der Waals surface area contributed by atoms with Gasteiger partial charge in [0.25, 0.3) is 5.91 Å². The van der Waals surface area contributed by atoms with Crippen LogP contribution in [0, 0.1) is 0 Å².